The van der Waals surface area contributed by atoms with E-state index in [1.54, 1.807) is 0 Å². The van der Waals surface area contributed by atoms with Gasteiger partial charge in [-0.1, -0.05) is 32.6 Å². The lowest BCUT2D eigenvalue weighted by Gasteiger charge is -2.14. The maximum atomic E-state index is 3.55. The molecule has 0 radical (unpaired) electrons. The van der Waals surface area contributed by atoms with E-state index < -0.39 is 0 Å². The maximum Gasteiger partial charge on any atom is 0.0107 e. The standard InChI is InChI=1S/C13H28N2/c1-2-3-4-5-6-9-14-10-13-15-11-7-8-12-15/h14H,2-13H2,1H3. The normalized spacial score (nSPS) is 17.4. The van der Waals surface area contributed by atoms with Crippen LogP contribution >= 0.6 is 0 Å². The van der Waals surface area contributed by atoms with Gasteiger partial charge in [-0.25, -0.2) is 0 Å². The first-order valence-electron chi connectivity index (χ1n) is 6.86. The molecule has 0 bridgehead atoms. The van der Waals surface area contributed by atoms with Crippen molar-refractivity contribution in [3.63, 3.8) is 0 Å². The van der Waals surface area contributed by atoms with E-state index in [0.29, 0.717) is 0 Å². The fourth-order valence-corrected chi connectivity index (χ4v) is 2.22. The first kappa shape index (κ1) is 13.0. The number of hydrogen-bond donors (Lipinski definition) is 1. The molecule has 0 aromatic rings. The average Bonchev–Trinajstić information content (AvgIpc) is 2.75. The molecule has 1 aliphatic heterocycles. The van der Waals surface area contributed by atoms with Crippen LogP contribution in [-0.2, 0) is 0 Å². The fraction of sp³-hybridized carbons (Fsp3) is 1.00. The highest BCUT2D eigenvalue weighted by Gasteiger charge is 2.09. The molecule has 0 unspecified atom stereocenters. The minimum Gasteiger partial charge on any atom is -0.315 e. The van der Waals surface area contributed by atoms with Gasteiger partial charge in [0.15, 0.2) is 0 Å². The van der Waals surface area contributed by atoms with Gasteiger partial charge >= 0.3 is 0 Å². The molecule has 90 valence electrons. The van der Waals surface area contributed by atoms with Gasteiger partial charge < -0.3 is 10.2 Å². The predicted molar refractivity (Wildman–Crippen MR) is 67.3 cm³/mol. The van der Waals surface area contributed by atoms with E-state index in [1.165, 1.54) is 77.7 Å². The smallest absolute Gasteiger partial charge is 0.0107 e. The highest BCUT2D eigenvalue weighted by molar-refractivity contribution is 4.66. The van der Waals surface area contributed by atoms with Crippen molar-refractivity contribution in [2.75, 3.05) is 32.7 Å². The van der Waals surface area contributed by atoms with Crippen LogP contribution in [0.15, 0.2) is 0 Å². The Labute approximate surface area is 95.4 Å². The summed E-state index contributed by atoms with van der Waals surface area (Å²) in [4.78, 5) is 2.57. The van der Waals surface area contributed by atoms with Crippen molar-refractivity contribution < 1.29 is 0 Å². The van der Waals surface area contributed by atoms with E-state index >= 15 is 0 Å². The molecule has 0 saturated carbocycles. The van der Waals surface area contributed by atoms with Crippen LogP contribution in [0, 0.1) is 0 Å². The van der Waals surface area contributed by atoms with E-state index in [9.17, 15) is 0 Å². The zero-order valence-electron chi connectivity index (χ0n) is 10.4. The molecule has 1 aliphatic rings. The van der Waals surface area contributed by atoms with Crippen LogP contribution in [-0.4, -0.2) is 37.6 Å². The summed E-state index contributed by atoms with van der Waals surface area (Å²) < 4.78 is 0. The van der Waals surface area contributed by atoms with Crippen LogP contribution in [0.3, 0.4) is 0 Å². The van der Waals surface area contributed by atoms with Gasteiger partial charge in [-0.15, -0.1) is 0 Å². The number of nitrogens with one attached hydrogen (secondary N) is 1. The molecular formula is C13H28N2. The lowest BCUT2D eigenvalue weighted by molar-refractivity contribution is 0.335. The molecular weight excluding hydrogens is 184 g/mol. The summed E-state index contributed by atoms with van der Waals surface area (Å²) in [5, 5.41) is 3.55. The Morgan fingerprint density at radius 1 is 0.933 bits per heavy atom. The van der Waals surface area contributed by atoms with E-state index in [4.69, 9.17) is 0 Å². The Morgan fingerprint density at radius 3 is 2.40 bits per heavy atom. The molecule has 0 aromatic carbocycles. The SMILES string of the molecule is CCCCCCCNCCN1CCCC1. The van der Waals surface area contributed by atoms with Gasteiger partial charge in [-0.3, -0.25) is 0 Å². The van der Waals surface area contributed by atoms with Crippen molar-refractivity contribution in [2.24, 2.45) is 0 Å². The van der Waals surface area contributed by atoms with E-state index in [1.807, 2.05) is 0 Å². The van der Waals surface area contributed by atoms with E-state index in [-0.39, 0.29) is 0 Å². The Kier molecular flexibility index (Phi) is 7.94. The van der Waals surface area contributed by atoms with Crippen LogP contribution in [0.4, 0.5) is 0 Å². The van der Waals surface area contributed by atoms with Gasteiger partial charge in [0.1, 0.15) is 0 Å². The predicted octanol–water partition coefficient (Wildman–Crippen LogP) is 2.64. The third-order valence-electron chi connectivity index (χ3n) is 3.26. The molecule has 0 aliphatic carbocycles. The molecule has 1 fully saturated rings. The first-order valence-corrected chi connectivity index (χ1v) is 6.86. The molecule has 2 nitrogen and oxygen atoms in total. The summed E-state index contributed by atoms with van der Waals surface area (Å²) in [6.45, 7) is 8.60. The summed E-state index contributed by atoms with van der Waals surface area (Å²) >= 11 is 0. The number of hydrogen-bond acceptors (Lipinski definition) is 2. The minimum absolute atomic E-state index is 1.19. The largest absolute Gasteiger partial charge is 0.315 e. The molecule has 1 heterocycles. The van der Waals surface area contributed by atoms with Gasteiger partial charge in [0.2, 0.25) is 0 Å². The van der Waals surface area contributed by atoms with Crippen LogP contribution in [0.1, 0.15) is 51.9 Å². The topological polar surface area (TPSA) is 15.3 Å². The Morgan fingerprint density at radius 2 is 1.67 bits per heavy atom. The summed E-state index contributed by atoms with van der Waals surface area (Å²) in [6.07, 6.45) is 9.78. The van der Waals surface area contributed by atoms with Crippen LogP contribution in [0.5, 0.6) is 0 Å². The Bertz CT molecular complexity index is 130. The average molecular weight is 212 g/mol. The second-order valence-corrected chi connectivity index (χ2v) is 4.71. The van der Waals surface area contributed by atoms with Crippen molar-refractivity contribution in [1.29, 1.82) is 0 Å². The summed E-state index contributed by atoms with van der Waals surface area (Å²) in [5.74, 6) is 0. The van der Waals surface area contributed by atoms with E-state index in [2.05, 4.69) is 17.1 Å². The first-order chi connectivity index (χ1) is 7.43. The molecule has 15 heavy (non-hydrogen) atoms. The lowest BCUT2D eigenvalue weighted by Crippen LogP contribution is -2.30. The summed E-state index contributed by atoms with van der Waals surface area (Å²) in [7, 11) is 0. The highest BCUT2D eigenvalue weighted by atomic mass is 15.1. The van der Waals surface area contributed by atoms with E-state index in [0.717, 1.165) is 0 Å². The van der Waals surface area contributed by atoms with Crippen LogP contribution in [0.25, 0.3) is 0 Å². The van der Waals surface area contributed by atoms with Crippen molar-refractivity contribution in [2.45, 2.75) is 51.9 Å². The third kappa shape index (κ3) is 6.91. The second kappa shape index (κ2) is 9.17. The van der Waals surface area contributed by atoms with Gasteiger partial charge in [0.25, 0.3) is 0 Å². The van der Waals surface area contributed by atoms with Crippen molar-refractivity contribution in [3.8, 4) is 0 Å². The molecule has 0 amide bonds. The van der Waals surface area contributed by atoms with Crippen molar-refractivity contribution in [1.82, 2.24) is 10.2 Å². The van der Waals surface area contributed by atoms with Gasteiger partial charge in [-0.2, -0.15) is 0 Å². The molecule has 0 aromatic heterocycles. The zero-order valence-corrected chi connectivity index (χ0v) is 10.4. The lowest BCUT2D eigenvalue weighted by atomic mass is 10.1. The summed E-state index contributed by atoms with van der Waals surface area (Å²) in [5.41, 5.74) is 0. The molecule has 1 rings (SSSR count). The molecule has 0 atom stereocenters. The number of rotatable bonds is 9. The summed E-state index contributed by atoms with van der Waals surface area (Å²) in [6, 6.07) is 0. The van der Waals surface area contributed by atoms with Crippen molar-refractivity contribution >= 4 is 0 Å². The van der Waals surface area contributed by atoms with Crippen molar-refractivity contribution in [3.05, 3.63) is 0 Å². The number of nitrogens with zero attached hydrogens (tertiary/aromatic N) is 1. The van der Waals surface area contributed by atoms with Gasteiger partial charge in [0.05, 0.1) is 0 Å². The Hall–Kier alpha value is -0.0800. The molecule has 2 heteroatoms. The van der Waals surface area contributed by atoms with Crippen LogP contribution in [0.2, 0.25) is 0 Å². The fourth-order valence-electron chi connectivity index (χ4n) is 2.22. The Balaban J connectivity index is 1.73. The zero-order chi connectivity index (χ0) is 10.8. The van der Waals surface area contributed by atoms with Gasteiger partial charge in [-0.05, 0) is 38.9 Å². The number of unbranched alkanes of at least 4 members (excludes halogenated alkanes) is 4. The monoisotopic (exact) mass is 212 g/mol. The molecule has 0 spiro atoms. The molecule has 1 saturated heterocycles. The minimum atomic E-state index is 1.19. The second-order valence-electron chi connectivity index (χ2n) is 4.71. The quantitative estimate of drug-likeness (QED) is 0.591. The highest BCUT2D eigenvalue weighted by Crippen LogP contribution is 2.05. The van der Waals surface area contributed by atoms with Crippen LogP contribution < -0.4 is 5.32 Å². The molecule has 1 N–H and O–H groups in total. The third-order valence-corrected chi connectivity index (χ3v) is 3.26. The number of likely N-dealkylation sites (tertiary alicyclic amines) is 1. The maximum absolute atomic E-state index is 3.55. The van der Waals surface area contributed by atoms with Gasteiger partial charge in [0, 0.05) is 13.1 Å².